The fourth-order valence-electron chi connectivity index (χ4n) is 2.65. The van der Waals surface area contributed by atoms with Crippen LogP contribution in [0.5, 0.6) is 0 Å². The van der Waals surface area contributed by atoms with Gasteiger partial charge in [0.05, 0.1) is 11.1 Å². The number of carbonyl (C=O) groups is 1. The molecule has 0 saturated carbocycles. The SMILES string of the molecule is O=C(Nc1ccc(Cl)cc1)c1cccn2c(-c3ccccc3F)nnc12. The van der Waals surface area contributed by atoms with Gasteiger partial charge in [0.1, 0.15) is 5.82 Å². The largest absolute Gasteiger partial charge is 0.322 e. The highest BCUT2D eigenvalue weighted by molar-refractivity contribution is 6.30. The van der Waals surface area contributed by atoms with Crippen LogP contribution in [-0.2, 0) is 0 Å². The highest BCUT2D eigenvalue weighted by Crippen LogP contribution is 2.23. The number of hydrogen-bond acceptors (Lipinski definition) is 3. The number of nitrogens with one attached hydrogen (secondary N) is 1. The zero-order valence-corrected chi connectivity index (χ0v) is 14.1. The van der Waals surface area contributed by atoms with E-state index >= 15 is 0 Å². The van der Waals surface area contributed by atoms with Crippen molar-refractivity contribution in [1.82, 2.24) is 14.6 Å². The van der Waals surface area contributed by atoms with Gasteiger partial charge in [-0.2, -0.15) is 0 Å². The summed E-state index contributed by atoms with van der Waals surface area (Å²) in [4.78, 5) is 12.6. The molecule has 7 heteroatoms. The summed E-state index contributed by atoms with van der Waals surface area (Å²) in [6, 6.07) is 16.4. The third kappa shape index (κ3) is 2.91. The third-order valence-electron chi connectivity index (χ3n) is 3.90. The van der Waals surface area contributed by atoms with E-state index in [9.17, 15) is 9.18 Å². The predicted molar refractivity (Wildman–Crippen MR) is 97.8 cm³/mol. The van der Waals surface area contributed by atoms with Crippen molar-refractivity contribution < 1.29 is 9.18 Å². The first kappa shape index (κ1) is 16.2. The van der Waals surface area contributed by atoms with Gasteiger partial charge in [-0.25, -0.2) is 4.39 Å². The van der Waals surface area contributed by atoms with E-state index in [-0.39, 0.29) is 5.91 Å². The molecule has 1 amide bonds. The molecule has 0 radical (unpaired) electrons. The lowest BCUT2D eigenvalue weighted by Crippen LogP contribution is -2.13. The number of amides is 1. The van der Waals surface area contributed by atoms with Crippen LogP contribution in [0.3, 0.4) is 0 Å². The van der Waals surface area contributed by atoms with Gasteiger partial charge in [-0.1, -0.05) is 23.7 Å². The van der Waals surface area contributed by atoms with Crippen LogP contribution in [0.25, 0.3) is 17.0 Å². The molecule has 4 aromatic rings. The van der Waals surface area contributed by atoms with E-state index in [1.54, 1.807) is 65.2 Å². The lowest BCUT2D eigenvalue weighted by molar-refractivity contribution is 0.102. The minimum atomic E-state index is -0.405. The quantitative estimate of drug-likeness (QED) is 0.583. The number of rotatable bonds is 3. The Balaban J connectivity index is 1.74. The summed E-state index contributed by atoms with van der Waals surface area (Å²) in [6.07, 6.45) is 1.69. The van der Waals surface area contributed by atoms with Crippen LogP contribution in [0.15, 0.2) is 66.9 Å². The van der Waals surface area contributed by atoms with Crippen molar-refractivity contribution in [1.29, 1.82) is 0 Å². The van der Waals surface area contributed by atoms with Crippen LogP contribution in [0.1, 0.15) is 10.4 Å². The molecule has 0 bridgehead atoms. The Morgan fingerprint density at radius 2 is 1.77 bits per heavy atom. The lowest BCUT2D eigenvalue weighted by Gasteiger charge is -2.07. The second kappa shape index (κ2) is 6.57. The smallest absolute Gasteiger partial charge is 0.259 e. The molecular weight excluding hydrogens is 355 g/mol. The number of nitrogens with zero attached hydrogens (tertiary/aromatic N) is 3. The second-order valence-corrected chi connectivity index (χ2v) is 6.02. The first-order chi connectivity index (χ1) is 12.6. The minimum absolute atomic E-state index is 0.315. The molecule has 0 spiro atoms. The Morgan fingerprint density at radius 1 is 1.00 bits per heavy atom. The molecule has 1 N–H and O–H groups in total. The Hall–Kier alpha value is -3.25. The minimum Gasteiger partial charge on any atom is -0.322 e. The highest BCUT2D eigenvalue weighted by atomic mass is 35.5. The first-order valence-corrected chi connectivity index (χ1v) is 8.17. The van der Waals surface area contributed by atoms with Gasteiger partial charge >= 0.3 is 0 Å². The number of halogens is 2. The van der Waals surface area contributed by atoms with Crippen LogP contribution in [0.4, 0.5) is 10.1 Å². The van der Waals surface area contributed by atoms with E-state index in [4.69, 9.17) is 11.6 Å². The van der Waals surface area contributed by atoms with E-state index in [0.29, 0.717) is 33.3 Å². The molecule has 5 nitrogen and oxygen atoms in total. The molecule has 0 atom stereocenters. The highest BCUT2D eigenvalue weighted by Gasteiger charge is 2.17. The number of benzene rings is 2. The summed E-state index contributed by atoms with van der Waals surface area (Å²) in [7, 11) is 0. The van der Waals surface area contributed by atoms with Gasteiger partial charge in [-0.3, -0.25) is 9.20 Å². The van der Waals surface area contributed by atoms with E-state index in [0.717, 1.165) is 0 Å². The molecular formula is C19H12ClFN4O. The maximum atomic E-state index is 14.1. The van der Waals surface area contributed by atoms with E-state index < -0.39 is 5.82 Å². The number of pyridine rings is 1. The number of anilines is 1. The standard InChI is InChI=1S/C19H12ClFN4O/c20-12-7-9-13(10-8-12)22-19(26)15-5-3-11-25-17(23-24-18(15)25)14-4-1-2-6-16(14)21/h1-11H,(H,22,26). The Kier molecular flexibility index (Phi) is 4.10. The molecule has 0 aliphatic heterocycles. The van der Waals surface area contributed by atoms with Gasteiger partial charge in [0.2, 0.25) is 0 Å². The fraction of sp³-hybridized carbons (Fsp3) is 0. The molecule has 0 aliphatic rings. The Labute approximate surface area is 153 Å². The number of aromatic nitrogens is 3. The maximum absolute atomic E-state index is 14.1. The van der Waals surface area contributed by atoms with E-state index in [2.05, 4.69) is 15.5 Å². The zero-order chi connectivity index (χ0) is 18.1. The summed E-state index contributed by atoms with van der Waals surface area (Å²) in [6.45, 7) is 0. The predicted octanol–water partition coefficient (Wildman–Crippen LogP) is 4.44. The van der Waals surface area contributed by atoms with Crippen LogP contribution >= 0.6 is 11.6 Å². The molecule has 2 aromatic carbocycles. The van der Waals surface area contributed by atoms with Gasteiger partial charge in [0.25, 0.3) is 5.91 Å². The summed E-state index contributed by atoms with van der Waals surface area (Å²) < 4.78 is 15.7. The molecule has 128 valence electrons. The Bertz CT molecular complexity index is 1110. The van der Waals surface area contributed by atoms with E-state index in [1.165, 1.54) is 6.07 Å². The molecule has 2 heterocycles. The molecule has 2 aromatic heterocycles. The van der Waals surface area contributed by atoms with Gasteiger partial charge < -0.3 is 5.32 Å². The Morgan fingerprint density at radius 3 is 2.54 bits per heavy atom. The molecule has 0 unspecified atom stereocenters. The van der Waals surface area contributed by atoms with Crippen LogP contribution in [-0.4, -0.2) is 20.5 Å². The fourth-order valence-corrected chi connectivity index (χ4v) is 2.78. The van der Waals surface area contributed by atoms with Crippen molar-refractivity contribution in [2.75, 3.05) is 5.32 Å². The van der Waals surface area contributed by atoms with Gasteiger partial charge in [-0.15, -0.1) is 10.2 Å². The van der Waals surface area contributed by atoms with E-state index in [1.807, 2.05) is 0 Å². The zero-order valence-electron chi connectivity index (χ0n) is 13.4. The molecule has 4 rings (SSSR count). The number of fused-ring (bicyclic) bond motifs is 1. The third-order valence-corrected chi connectivity index (χ3v) is 4.15. The number of carbonyl (C=O) groups excluding carboxylic acids is 1. The molecule has 0 saturated heterocycles. The normalized spacial score (nSPS) is 10.8. The molecule has 0 fully saturated rings. The van der Waals surface area contributed by atoms with Crippen molar-refractivity contribution in [3.8, 4) is 11.4 Å². The van der Waals surface area contributed by atoms with Gasteiger partial charge in [0, 0.05) is 16.9 Å². The molecule has 26 heavy (non-hydrogen) atoms. The van der Waals surface area contributed by atoms with Crippen LogP contribution in [0, 0.1) is 5.82 Å². The van der Waals surface area contributed by atoms with Crippen molar-refractivity contribution in [2.24, 2.45) is 0 Å². The maximum Gasteiger partial charge on any atom is 0.259 e. The van der Waals surface area contributed by atoms with Crippen molar-refractivity contribution in [2.45, 2.75) is 0 Å². The monoisotopic (exact) mass is 366 g/mol. The molecule has 0 aliphatic carbocycles. The van der Waals surface area contributed by atoms with Crippen LogP contribution in [0.2, 0.25) is 5.02 Å². The first-order valence-electron chi connectivity index (χ1n) is 7.79. The number of hydrogen-bond donors (Lipinski definition) is 1. The van der Waals surface area contributed by atoms with Crippen molar-refractivity contribution >= 4 is 28.8 Å². The van der Waals surface area contributed by atoms with Gasteiger partial charge in [-0.05, 0) is 48.5 Å². The average molecular weight is 367 g/mol. The van der Waals surface area contributed by atoms with Crippen LogP contribution < -0.4 is 5.32 Å². The summed E-state index contributed by atoms with van der Waals surface area (Å²) in [5, 5.41) is 11.5. The summed E-state index contributed by atoms with van der Waals surface area (Å²) in [5.41, 5.74) is 1.60. The summed E-state index contributed by atoms with van der Waals surface area (Å²) in [5.74, 6) is -0.414. The topological polar surface area (TPSA) is 59.3 Å². The van der Waals surface area contributed by atoms with Gasteiger partial charge in [0.15, 0.2) is 11.5 Å². The lowest BCUT2D eigenvalue weighted by atomic mass is 10.2. The van der Waals surface area contributed by atoms with Crippen molar-refractivity contribution in [3.63, 3.8) is 0 Å². The van der Waals surface area contributed by atoms with Crippen molar-refractivity contribution in [3.05, 3.63) is 83.3 Å². The average Bonchev–Trinajstić information content (AvgIpc) is 3.08. The second-order valence-electron chi connectivity index (χ2n) is 5.58. The summed E-state index contributed by atoms with van der Waals surface area (Å²) >= 11 is 5.85.